The summed E-state index contributed by atoms with van der Waals surface area (Å²) in [6, 6.07) is 5.72. The summed E-state index contributed by atoms with van der Waals surface area (Å²) in [5, 5.41) is 16.9. The Hall–Kier alpha value is -3.24. The molecule has 0 aliphatic heterocycles. The largest absolute Gasteiger partial charge is 0.389 e. The van der Waals surface area contributed by atoms with E-state index < -0.39 is 5.79 Å². The van der Waals surface area contributed by atoms with Crippen LogP contribution in [0.5, 0.6) is 0 Å². The van der Waals surface area contributed by atoms with Gasteiger partial charge in [0.2, 0.25) is 5.79 Å². The monoisotopic (exact) mass is 514 g/mol. The lowest BCUT2D eigenvalue weighted by atomic mass is 9.99. The summed E-state index contributed by atoms with van der Waals surface area (Å²) in [5.41, 5.74) is 10.2. The second-order valence-electron chi connectivity index (χ2n) is 8.34. The third-order valence-electron chi connectivity index (χ3n) is 5.64. The van der Waals surface area contributed by atoms with Gasteiger partial charge in [0, 0.05) is 32.9 Å². The van der Waals surface area contributed by atoms with E-state index in [1.807, 2.05) is 65.0 Å². The molecule has 1 aromatic rings. The number of hydrogen-bond acceptors (Lipinski definition) is 9. The first kappa shape index (κ1) is 31.8. The van der Waals surface area contributed by atoms with Gasteiger partial charge in [0.1, 0.15) is 5.71 Å². The smallest absolute Gasteiger partial charge is 0.225 e. The Morgan fingerprint density at radius 2 is 1.89 bits per heavy atom. The highest BCUT2D eigenvalue weighted by molar-refractivity contribution is 6.46. The second kappa shape index (κ2) is 15.8. The number of amidine groups is 1. The molecule has 2 aliphatic carbocycles. The van der Waals surface area contributed by atoms with E-state index in [1.54, 1.807) is 14.0 Å². The van der Waals surface area contributed by atoms with E-state index in [2.05, 4.69) is 21.4 Å². The fourth-order valence-electron chi connectivity index (χ4n) is 3.54. The van der Waals surface area contributed by atoms with Gasteiger partial charge >= 0.3 is 0 Å². The lowest BCUT2D eigenvalue weighted by Crippen LogP contribution is -2.39. The van der Waals surface area contributed by atoms with Crippen molar-refractivity contribution in [1.82, 2.24) is 9.99 Å². The van der Waals surface area contributed by atoms with Crippen LogP contribution in [-0.2, 0) is 25.7 Å². The van der Waals surface area contributed by atoms with E-state index in [0.717, 1.165) is 23.4 Å². The molecule has 3 rings (SSSR count). The van der Waals surface area contributed by atoms with Crippen molar-refractivity contribution in [2.75, 3.05) is 20.3 Å². The highest BCUT2D eigenvalue weighted by Crippen LogP contribution is 2.48. The molecule has 1 heterocycles. The topological polar surface area (TPSA) is 133 Å². The maximum absolute atomic E-state index is 11.0. The van der Waals surface area contributed by atoms with Crippen LogP contribution < -0.4 is 0 Å². The summed E-state index contributed by atoms with van der Waals surface area (Å²) in [4.78, 5) is 20.8. The Morgan fingerprint density at radius 3 is 2.43 bits per heavy atom. The van der Waals surface area contributed by atoms with Gasteiger partial charge in [-0.05, 0) is 63.7 Å². The van der Waals surface area contributed by atoms with Crippen molar-refractivity contribution in [2.24, 2.45) is 22.2 Å². The SMILES string of the molecule is CC.CCOC(C)(OCC)C(C)=O.Cc1cccc(CO/N=C(\C(=N)N(C)N=N)C2=CC=CC3CC23)n1. The summed E-state index contributed by atoms with van der Waals surface area (Å²) in [7, 11) is 1.55. The molecular formula is C27H42N6O4. The van der Waals surface area contributed by atoms with Crippen molar-refractivity contribution in [3.8, 4) is 0 Å². The van der Waals surface area contributed by atoms with Gasteiger partial charge in [-0.3, -0.25) is 15.2 Å². The Morgan fingerprint density at radius 1 is 1.24 bits per heavy atom. The molecular weight excluding hydrogens is 472 g/mol. The van der Waals surface area contributed by atoms with Gasteiger partial charge in [0.25, 0.3) is 0 Å². The Balaban J connectivity index is 0.000000446. The quantitative estimate of drug-likeness (QED) is 0.129. The Bertz CT molecular complexity index is 998. The van der Waals surface area contributed by atoms with Gasteiger partial charge in [0.05, 0.1) is 5.69 Å². The molecule has 2 atom stereocenters. The third kappa shape index (κ3) is 9.62. The number of allylic oxidation sites excluding steroid dienone is 3. The van der Waals surface area contributed by atoms with E-state index in [1.165, 1.54) is 11.9 Å². The minimum Gasteiger partial charge on any atom is -0.389 e. The van der Waals surface area contributed by atoms with Gasteiger partial charge in [-0.15, -0.1) is 0 Å². The van der Waals surface area contributed by atoms with Crippen LogP contribution in [0.1, 0.15) is 59.4 Å². The van der Waals surface area contributed by atoms with Crippen LogP contribution in [0.25, 0.3) is 0 Å². The highest BCUT2D eigenvalue weighted by Gasteiger charge is 2.42. The summed E-state index contributed by atoms with van der Waals surface area (Å²) in [6.45, 7) is 13.9. The van der Waals surface area contributed by atoms with Gasteiger partial charge in [-0.2, -0.15) is 5.53 Å². The van der Waals surface area contributed by atoms with Crippen molar-refractivity contribution in [2.45, 2.75) is 67.3 Å². The van der Waals surface area contributed by atoms with E-state index in [9.17, 15) is 4.79 Å². The average molecular weight is 515 g/mol. The number of aromatic nitrogens is 1. The number of rotatable bonds is 11. The normalized spacial score (nSPS) is 17.6. The number of nitrogens with one attached hydrogen (secondary N) is 2. The number of pyridine rings is 1. The van der Waals surface area contributed by atoms with E-state index in [-0.39, 0.29) is 18.2 Å². The molecule has 10 nitrogen and oxygen atoms in total. The molecule has 0 bridgehead atoms. The van der Waals surface area contributed by atoms with Crippen LogP contribution >= 0.6 is 0 Å². The number of oxime groups is 1. The van der Waals surface area contributed by atoms with Gasteiger partial charge in [0.15, 0.2) is 18.2 Å². The predicted molar refractivity (Wildman–Crippen MR) is 144 cm³/mol. The third-order valence-corrected chi connectivity index (χ3v) is 5.64. The zero-order valence-electron chi connectivity index (χ0n) is 23.4. The number of Topliss-reactive ketones (excluding diaryl/α,β-unsaturated/α-hetero) is 1. The standard InChI is InChI=1S/C17H20N6O.C8H16O3.C2H6/c1-11-5-3-7-13(20-11)10-24-21-16(17(18)23(2)22-19)14-8-4-6-12-9-15(12)14;1-5-10-8(4,7(3)9)11-6-2;1-2/h3-8,12,15,18-19H,9-10H2,1-2H3;5-6H2,1-4H3;1-2H3/b18-17?,21-16-,22-19?;;. The molecule has 2 aliphatic rings. The predicted octanol–water partition coefficient (Wildman–Crippen LogP) is 5.64. The van der Waals surface area contributed by atoms with E-state index >= 15 is 0 Å². The van der Waals surface area contributed by atoms with Crippen LogP contribution in [0.4, 0.5) is 0 Å². The molecule has 204 valence electrons. The molecule has 0 spiro atoms. The van der Waals surface area contributed by atoms with Crippen LogP contribution in [-0.4, -0.2) is 53.4 Å². The summed E-state index contributed by atoms with van der Waals surface area (Å²) >= 11 is 0. The molecule has 2 N–H and O–H groups in total. The van der Waals surface area contributed by atoms with Crippen molar-refractivity contribution >= 4 is 17.3 Å². The number of carbonyl (C=O) groups excluding carboxylic acids is 1. The molecule has 1 aromatic heterocycles. The number of aryl methyl sites for hydroxylation is 1. The van der Waals surface area contributed by atoms with Crippen molar-refractivity contribution in [3.63, 3.8) is 0 Å². The molecule has 37 heavy (non-hydrogen) atoms. The summed E-state index contributed by atoms with van der Waals surface area (Å²) in [5.74, 6) is -0.173. The maximum atomic E-state index is 11.0. The number of fused-ring (bicyclic) bond motifs is 1. The maximum Gasteiger partial charge on any atom is 0.225 e. The highest BCUT2D eigenvalue weighted by atomic mass is 16.7. The molecule has 1 saturated carbocycles. The van der Waals surface area contributed by atoms with Crippen LogP contribution in [0.3, 0.4) is 0 Å². The lowest BCUT2D eigenvalue weighted by Gasteiger charge is -2.25. The fourth-order valence-corrected chi connectivity index (χ4v) is 3.54. The molecule has 0 radical (unpaired) electrons. The molecule has 0 saturated heterocycles. The first-order valence-electron chi connectivity index (χ1n) is 12.7. The van der Waals surface area contributed by atoms with Crippen LogP contribution in [0, 0.1) is 29.7 Å². The lowest BCUT2D eigenvalue weighted by molar-refractivity contribution is -0.215. The Kier molecular flexibility index (Phi) is 13.6. The van der Waals surface area contributed by atoms with Crippen molar-refractivity contribution in [1.29, 1.82) is 10.9 Å². The molecule has 2 unspecified atom stereocenters. The minimum atomic E-state index is -1.04. The second-order valence-corrected chi connectivity index (χ2v) is 8.34. The van der Waals surface area contributed by atoms with Gasteiger partial charge in [-0.1, -0.05) is 48.5 Å². The average Bonchev–Trinajstić information content (AvgIpc) is 3.68. The van der Waals surface area contributed by atoms with Gasteiger partial charge < -0.3 is 14.3 Å². The van der Waals surface area contributed by atoms with Crippen molar-refractivity contribution < 1.29 is 19.1 Å². The number of ether oxygens (including phenoxy) is 2. The van der Waals surface area contributed by atoms with Gasteiger partial charge in [-0.25, -0.2) is 5.01 Å². The molecule has 10 heteroatoms. The Labute approximate surface area is 220 Å². The van der Waals surface area contributed by atoms with E-state index in [0.29, 0.717) is 30.8 Å². The molecule has 0 amide bonds. The zero-order valence-corrected chi connectivity index (χ0v) is 23.4. The number of carbonyl (C=O) groups is 1. The van der Waals surface area contributed by atoms with Crippen molar-refractivity contribution in [3.05, 3.63) is 53.4 Å². The van der Waals surface area contributed by atoms with Crippen LogP contribution in [0.15, 0.2) is 52.4 Å². The number of nitrogens with zero attached hydrogens (tertiary/aromatic N) is 4. The molecule has 0 aromatic carbocycles. The summed E-state index contributed by atoms with van der Waals surface area (Å²) < 4.78 is 10.3. The number of ketones is 1. The summed E-state index contributed by atoms with van der Waals surface area (Å²) in [6.07, 6.45) is 7.20. The number of hydrogen-bond donors (Lipinski definition) is 2. The van der Waals surface area contributed by atoms with E-state index in [4.69, 9.17) is 25.3 Å². The zero-order chi connectivity index (χ0) is 28.0. The first-order valence-corrected chi connectivity index (χ1v) is 12.7. The molecule has 1 fully saturated rings. The first-order chi connectivity index (χ1) is 17.7. The fraction of sp³-hybridized carbons (Fsp3) is 0.556. The van der Waals surface area contributed by atoms with Crippen LogP contribution in [0.2, 0.25) is 0 Å². The minimum absolute atomic E-state index is 0.0504.